The van der Waals surface area contributed by atoms with Gasteiger partial charge >= 0.3 is 0 Å². The largest absolute Gasteiger partial charge is 0.508 e. The molecule has 3 aromatic rings. The van der Waals surface area contributed by atoms with Gasteiger partial charge in [-0.2, -0.15) is 5.10 Å². The molecule has 0 aliphatic rings. The van der Waals surface area contributed by atoms with Crippen LogP contribution in [0.1, 0.15) is 21.5 Å². The molecule has 0 saturated carbocycles. The second-order valence-corrected chi connectivity index (χ2v) is 6.03. The number of aliphatic imine (C=N–C) groups is 1. The van der Waals surface area contributed by atoms with Crippen molar-refractivity contribution in [1.82, 2.24) is 5.43 Å². The Morgan fingerprint density at radius 1 is 0.889 bits per heavy atom. The predicted molar refractivity (Wildman–Crippen MR) is 108 cm³/mol. The number of nitrogens with one attached hydrogen (secondary N) is 1. The number of rotatable bonds is 5. The van der Waals surface area contributed by atoms with Crippen LogP contribution in [0.4, 0.5) is 5.69 Å². The van der Waals surface area contributed by atoms with Gasteiger partial charge in [0.25, 0.3) is 5.91 Å². The van der Waals surface area contributed by atoms with Gasteiger partial charge in [0.15, 0.2) is 0 Å². The Kier molecular flexibility index (Phi) is 5.97. The summed E-state index contributed by atoms with van der Waals surface area (Å²) in [6.07, 6.45) is 3.28. The maximum absolute atomic E-state index is 11.9. The molecule has 0 spiro atoms. The first-order valence-electron chi connectivity index (χ1n) is 8.13. The van der Waals surface area contributed by atoms with Gasteiger partial charge in [-0.05, 0) is 47.5 Å². The summed E-state index contributed by atoms with van der Waals surface area (Å²) in [4.78, 5) is 16.3. The topological polar surface area (TPSA) is 74.0 Å². The number of para-hydroxylation sites is 1. The van der Waals surface area contributed by atoms with Crippen molar-refractivity contribution in [3.63, 3.8) is 0 Å². The lowest BCUT2D eigenvalue weighted by Crippen LogP contribution is -2.17. The fraction of sp³-hybridized carbons (Fsp3) is 0. The summed E-state index contributed by atoms with van der Waals surface area (Å²) in [6, 6.07) is 20.8. The number of benzene rings is 3. The molecule has 0 heterocycles. The van der Waals surface area contributed by atoms with Gasteiger partial charge in [-0.25, -0.2) is 5.43 Å². The van der Waals surface area contributed by atoms with Crippen LogP contribution in [-0.2, 0) is 0 Å². The lowest BCUT2D eigenvalue weighted by molar-refractivity contribution is 0.0955. The zero-order chi connectivity index (χ0) is 19.1. The number of phenols is 1. The van der Waals surface area contributed by atoms with Gasteiger partial charge in [0, 0.05) is 11.8 Å². The maximum Gasteiger partial charge on any atom is 0.271 e. The second kappa shape index (κ2) is 8.78. The Balaban J connectivity index is 1.58. The number of hydrazone groups is 1. The van der Waals surface area contributed by atoms with Crippen LogP contribution in [0.2, 0.25) is 5.02 Å². The molecule has 0 aliphatic heterocycles. The number of halogens is 1. The molecular weight excluding hydrogens is 362 g/mol. The summed E-state index contributed by atoms with van der Waals surface area (Å²) in [5, 5.41) is 13.8. The Morgan fingerprint density at radius 2 is 1.52 bits per heavy atom. The standard InChI is InChI=1S/C21H16ClN3O2/c22-19-3-1-2-4-20(19)23-13-15-5-7-16(8-6-15)14-24-25-21(27)17-9-11-18(26)12-10-17/h1-14,26H,(H,25,27). The van der Waals surface area contributed by atoms with E-state index < -0.39 is 0 Å². The van der Waals surface area contributed by atoms with E-state index in [9.17, 15) is 9.90 Å². The van der Waals surface area contributed by atoms with E-state index in [-0.39, 0.29) is 11.7 Å². The molecule has 0 atom stereocenters. The van der Waals surface area contributed by atoms with E-state index in [1.54, 1.807) is 18.5 Å². The van der Waals surface area contributed by atoms with Crippen molar-refractivity contribution in [2.75, 3.05) is 0 Å². The lowest BCUT2D eigenvalue weighted by atomic mass is 10.1. The van der Waals surface area contributed by atoms with E-state index in [2.05, 4.69) is 15.5 Å². The third-order valence-corrected chi connectivity index (χ3v) is 3.97. The van der Waals surface area contributed by atoms with Crippen molar-refractivity contribution in [2.24, 2.45) is 10.1 Å². The fourth-order valence-corrected chi connectivity index (χ4v) is 2.40. The van der Waals surface area contributed by atoms with E-state index in [0.717, 1.165) is 11.1 Å². The Labute approximate surface area is 161 Å². The van der Waals surface area contributed by atoms with Gasteiger partial charge in [-0.3, -0.25) is 9.79 Å². The molecule has 0 aromatic heterocycles. The highest BCUT2D eigenvalue weighted by atomic mass is 35.5. The number of phenolic OH excluding ortho intramolecular Hbond substituents is 1. The van der Waals surface area contributed by atoms with Crippen molar-refractivity contribution >= 4 is 35.6 Å². The molecule has 0 unspecified atom stereocenters. The molecule has 5 nitrogen and oxygen atoms in total. The molecule has 0 saturated heterocycles. The molecule has 6 heteroatoms. The van der Waals surface area contributed by atoms with Crippen molar-refractivity contribution in [2.45, 2.75) is 0 Å². The molecular formula is C21H16ClN3O2. The zero-order valence-electron chi connectivity index (χ0n) is 14.2. The van der Waals surface area contributed by atoms with E-state index in [1.807, 2.05) is 42.5 Å². The molecule has 0 aliphatic carbocycles. The van der Waals surface area contributed by atoms with E-state index in [4.69, 9.17) is 11.6 Å². The van der Waals surface area contributed by atoms with Crippen LogP contribution in [0, 0.1) is 0 Å². The van der Waals surface area contributed by atoms with E-state index >= 15 is 0 Å². The van der Waals surface area contributed by atoms with Crippen LogP contribution < -0.4 is 5.43 Å². The summed E-state index contributed by atoms with van der Waals surface area (Å²) in [5.74, 6) is -0.247. The van der Waals surface area contributed by atoms with Gasteiger partial charge in [0.05, 0.1) is 16.9 Å². The van der Waals surface area contributed by atoms with Crippen LogP contribution in [0.3, 0.4) is 0 Å². The number of aromatic hydroxyl groups is 1. The van der Waals surface area contributed by atoms with Gasteiger partial charge in [-0.15, -0.1) is 0 Å². The average Bonchev–Trinajstić information content (AvgIpc) is 2.69. The quantitative estimate of drug-likeness (QED) is 0.505. The molecule has 0 radical (unpaired) electrons. The van der Waals surface area contributed by atoms with Crippen LogP contribution in [0.25, 0.3) is 0 Å². The van der Waals surface area contributed by atoms with Crippen molar-refractivity contribution in [3.05, 3.63) is 94.5 Å². The summed E-state index contributed by atoms with van der Waals surface area (Å²) < 4.78 is 0. The summed E-state index contributed by atoms with van der Waals surface area (Å²) in [6.45, 7) is 0. The highest BCUT2D eigenvalue weighted by Crippen LogP contribution is 2.23. The lowest BCUT2D eigenvalue weighted by Gasteiger charge is -2.00. The monoisotopic (exact) mass is 377 g/mol. The number of amides is 1. The molecule has 3 aromatic carbocycles. The number of hydrogen-bond donors (Lipinski definition) is 2. The van der Waals surface area contributed by atoms with Crippen LogP contribution in [-0.4, -0.2) is 23.4 Å². The highest BCUT2D eigenvalue weighted by molar-refractivity contribution is 6.33. The van der Waals surface area contributed by atoms with Gasteiger partial charge in [0.2, 0.25) is 0 Å². The van der Waals surface area contributed by atoms with E-state index in [1.165, 1.54) is 24.3 Å². The molecule has 3 rings (SSSR count). The zero-order valence-corrected chi connectivity index (χ0v) is 15.0. The Hall–Kier alpha value is -3.44. The van der Waals surface area contributed by atoms with Crippen LogP contribution in [0.5, 0.6) is 5.75 Å². The number of carbonyl (C=O) groups is 1. The predicted octanol–water partition coefficient (Wildman–Crippen LogP) is 4.56. The third kappa shape index (κ3) is 5.26. The Bertz CT molecular complexity index is 981. The summed E-state index contributed by atoms with van der Waals surface area (Å²) in [5.41, 5.74) is 5.31. The molecule has 27 heavy (non-hydrogen) atoms. The molecule has 0 fully saturated rings. The number of nitrogens with zero attached hydrogens (tertiary/aromatic N) is 2. The number of hydrogen-bond acceptors (Lipinski definition) is 4. The minimum atomic E-state index is -0.352. The first-order valence-corrected chi connectivity index (χ1v) is 8.51. The van der Waals surface area contributed by atoms with Gasteiger partial charge < -0.3 is 5.11 Å². The summed E-state index contributed by atoms with van der Waals surface area (Å²) >= 11 is 6.07. The smallest absolute Gasteiger partial charge is 0.271 e. The van der Waals surface area contributed by atoms with Crippen molar-refractivity contribution in [3.8, 4) is 5.75 Å². The van der Waals surface area contributed by atoms with Crippen molar-refractivity contribution in [1.29, 1.82) is 0 Å². The summed E-state index contributed by atoms with van der Waals surface area (Å²) in [7, 11) is 0. The molecule has 0 bridgehead atoms. The first kappa shape index (κ1) is 18.4. The normalized spacial score (nSPS) is 11.1. The number of carbonyl (C=O) groups excluding carboxylic acids is 1. The molecule has 1 amide bonds. The first-order chi connectivity index (χ1) is 13.1. The second-order valence-electron chi connectivity index (χ2n) is 5.62. The minimum absolute atomic E-state index is 0.105. The van der Waals surface area contributed by atoms with Crippen LogP contribution >= 0.6 is 11.6 Å². The third-order valence-electron chi connectivity index (χ3n) is 3.65. The Morgan fingerprint density at radius 3 is 2.19 bits per heavy atom. The minimum Gasteiger partial charge on any atom is -0.508 e. The van der Waals surface area contributed by atoms with E-state index in [0.29, 0.717) is 16.3 Å². The fourth-order valence-electron chi connectivity index (χ4n) is 2.21. The SMILES string of the molecule is O=C(NN=Cc1ccc(C=Nc2ccccc2Cl)cc1)c1ccc(O)cc1. The van der Waals surface area contributed by atoms with Gasteiger partial charge in [0.1, 0.15) is 5.75 Å². The van der Waals surface area contributed by atoms with Crippen LogP contribution in [0.15, 0.2) is 82.9 Å². The average molecular weight is 378 g/mol. The molecule has 134 valence electrons. The van der Waals surface area contributed by atoms with Crippen molar-refractivity contribution < 1.29 is 9.90 Å². The highest BCUT2D eigenvalue weighted by Gasteiger charge is 2.03. The molecule has 2 N–H and O–H groups in total. The maximum atomic E-state index is 11.9. The van der Waals surface area contributed by atoms with Gasteiger partial charge in [-0.1, -0.05) is 48.0 Å².